The average Bonchev–Trinajstić information content (AvgIpc) is 2.62. The second-order valence-corrected chi connectivity index (χ2v) is 7.11. The van der Waals surface area contributed by atoms with Gasteiger partial charge >= 0.3 is 0 Å². The molecular weight excluding hydrogens is 300 g/mol. The van der Waals surface area contributed by atoms with E-state index in [1.54, 1.807) is 0 Å². The number of hydrogen-bond donors (Lipinski definition) is 0. The summed E-state index contributed by atoms with van der Waals surface area (Å²) in [7, 11) is 0. The molecule has 0 bridgehead atoms. The molecule has 4 aromatic carbocycles. The Balaban J connectivity index is 1.52. The maximum absolute atomic E-state index is 2.37. The van der Waals surface area contributed by atoms with Gasteiger partial charge in [0.15, 0.2) is 0 Å². The van der Waals surface area contributed by atoms with E-state index in [-0.39, 0.29) is 0 Å². The SMILES string of the molecule is Cc1cc2ccccc2cc1CCCc1cc2ccccc2cc1C. The van der Waals surface area contributed by atoms with Crippen LogP contribution < -0.4 is 0 Å². The lowest BCUT2D eigenvalue weighted by molar-refractivity contribution is 0.814. The van der Waals surface area contributed by atoms with Crippen molar-refractivity contribution in [2.75, 3.05) is 0 Å². The van der Waals surface area contributed by atoms with Crippen LogP contribution in [-0.2, 0) is 12.8 Å². The highest BCUT2D eigenvalue weighted by atomic mass is 14.1. The molecule has 0 aliphatic carbocycles. The van der Waals surface area contributed by atoms with Gasteiger partial charge in [0.1, 0.15) is 0 Å². The van der Waals surface area contributed by atoms with Crippen LogP contribution in [0.3, 0.4) is 0 Å². The Morgan fingerprint density at radius 2 is 0.880 bits per heavy atom. The summed E-state index contributed by atoms with van der Waals surface area (Å²) < 4.78 is 0. The topological polar surface area (TPSA) is 0 Å². The monoisotopic (exact) mass is 324 g/mol. The lowest BCUT2D eigenvalue weighted by Gasteiger charge is -2.11. The average molecular weight is 324 g/mol. The van der Waals surface area contributed by atoms with E-state index >= 15 is 0 Å². The van der Waals surface area contributed by atoms with Crippen molar-refractivity contribution in [2.45, 2.75) is 33.1 Å². The third-order valence-electron chi connectivity index (χ3n) is 5.30. The van der Waals surface area contributed by atoms with Gasteiger partial charge in [-0.3, -0.25) is 0 Å². The molecule has 0 amide bonds. The van der Waals surface area contributed by atoms with Crippen molar-refractivity contribution >= 4 is 21.5 Å². The van der Waals surface area contributed by atoms with Gasteiger partial charge in [0.05, 0.1) is 0 Å². The van der Waals surface area contributed by atoms with Crippen LogP contribution in [0, 0.1) is 13.8 Å². The molecule has 4 rings (SSSR count). The molecule has 0 aliphatic rings. The zero-order valence-corrected chi connectivity index (χ0v) is 15.0. The maximum Gasteiger partial charge on any atom is -0.0181 e. The van der Waals surface area contributed by atoms with Gasteiger partial charge in [-0.1, -0.05) is 72.8 Å². The first-order valence-electron chi connectivity index (χ1n) is 9.17. The molecule has 0 saturated carbocycles. The van der Waals surface area contributed by atoms with Crippen molar-refractivity contribution in [1.82, 2.24) is 0 Å². The molecular formula is C25H24. The Bertz CT molecular complexity index is 955. The standard InChI is InChI=1S/C25H24/c1-18-14-22-8-3-5-10-24(22)16-20(18)12-7-13-21-17-25-11-6-4-9-23(25)15-19(21)2/h3-6,8-11,14-17H,7,12-13H2,1-2H3. The van der Waals surface area contributed by atoms with E-state index in [9.17, 15) is 0 Å². The Morgan fingerprint density at radius 3 is 1.28 bits per heavy atom. The normalized spacial score (nSPS) is 11.3. The van der Waals surface area contributed by atoms with Crippen molar-refractivity contribution in [2.24, 2.45) is 0 Å². The van der Waals surface area contributed by atoms with Gasteiger partial charge in [-0.15, -0.1) is 0 Å². The van der Waals surface area contributed by atoms with Crippen molar-refractivity contribution in [3.8, 4) is 0 Å². The molecule has 0 heterocycles. The number of hydrogen-bond acceptors (Lipinski definition) is 0. The third kappa shape index (κ3) is 3.30. The molecule has 0 heteroatoms. The molecule has 0 unspecified atom stereocenters. The predicted molar refractivity (Wildman–Crippen MR) is 109 cm³/mol. The number of fused-ring (bicyclic) bond motifs is 2. The van der Waals surface area contributed by atoms with Crippen LogP contribution in [-0.4, -0.2) is 0 Å². The molecule has 0 spiro atoms. The summed E-state index contributed by atoms with van der Waals surface area (Å²) >= 11 is 0. The van der Waals surface area contributed by atoms with Crippen molar-refractivity contribution < 1.29 is 0 Å². The highest BCUT2D eigenvalue weighted by Crippen LogP contribution is 2.23. The van der Waals surface area contributed by atoms with E-state index in [2.05, 4.69) is 86.6 Å². The molecule has 0 aromatic heterocycles. The van der Waals surface area contributed by atoms with Crippen LogP contribution in [0.1, 0.15) is 28.7 Å². The van der Waals surface area contributed by atoms with Crippen LogP contribution in [0.25, 0.3) is 21.5 Å². The number of rotatable bonds is 4. The minimum Gasteiger partial charge on any atom is -0.0616 e. The minimum atomic E-state index is 1.14. The first kappa shape index (κ1) is 15.9. The van der Waals surface area contributed by atoms with Crippen molar-refractivity contribution in [3.05, 3.63) is 95.1 Å². The van der Waals surface area contributed by atoms with Gasteiger partial charge in [0.25, 0.3) is 0 Å². The van der Waals surface area contributed by atoms with Gasteiger partial charge in [-0.25, -0.2) is 0 Å². The lowest BCUT2D eigenvalue weighted by atomic mass is 9.94. The molecule has 25 heavy (non-hydrogen) atoms. The van der Waals surface area contributed by atoms with Crippen LogP contribution in [0.2, 0.25) is 0 Å². The van der Waals surface area contributed by atoms with E-state index in [1.165, 1.54) is 50.2 Å². The molecule has 0 radical (unpaired) electrons. The van der Waals surface area contributed by atoms with Gasteiger partial charge in [-0.2, -0.15) is 0 Å². The van der Waals surface area contributed by atoms with Crippen LogP contribution in [0.5, 0.6) is 0 Å². The Labute approximate surface area is 150 Å². The Morgan fingerprint density at radius 1 is 0.520 bits per heavy atom. The highest BCUT2D eigenvalue weighted by Gasteiger charge is 2.05. The van der Waals surface area contributed by atoms with E-state index in [4.69, 9.17) is 0 Å². The fraction of sp³-hybridized carbons (Fsp3) is 0.200. The number of benzene rings is 4. The fourth-order valence-corrected chi connectivity index (χ4v) is 3.81. The molecule has 0 N–H and O–H groups in total. The summed E-state index contributed by atoms with van der Waals surface area (Å²) in [6.45, 7) is 4.48. The van der Waals surface area contributed by atoms with Gasteiger partial charge in [-0.05, 0) is 76.9 Å². The summed E-state index contributed by atoms with van der Waals surface area (Å²) in [5, 5.41) is 5.39. The second-order valence-electron chi connectivity index (χ2n) is 7.11. The van der Waals surface area contributed by atoms with Crippen LogP contribution in [0.15, 0.2) is 72.8 Å². The fourth-order valence-electron chi connectivity index (χ4n) is 3.81. The molecule has 4 aromatic rings. The van der Waals surface area contributed by atoms with E-state index in [0.717, 1.165) is 12.8 Å². The molecule has 0 nitrogen and oxygen atoms in total. The van der Waals surface area contributed by atoms with Gasteiger partial charge in [0, 0.05) is 0 Å². The van der Waals surface area contributed by atoms with Crippen LogP contribution in [0.4, 0.5) is 0 Å². The maximum atomic E-state index is 2.37. The summed E-state index contributed by atoms with van der Waals surface area (Å²) in [6.07, 6.45) is 3.48. The van der Waals surface area contributed by atoms with E-state index in [1.807, 2.05) is 0 Å². The Kier molecular flexibility index (Phi) is 4.28. The highest BCUT2D eigenvalue weighted by molar-refractivity contribution is 5.84. The first-order chi connectivity index (χ1) is 12.2. The number of aryl methyl sites for hydroxylation is 4. The molecule has 0 fully saturated rings. The predicted octanol–water partition coefficient (Wildman–Crippen LogP) is 6.79. The van der Waals surface area contributed by atoms with Crippen molar-refractivity contribution in [1.29, 1.82) is 0 Å². The van der Waals surface area contributed by atoms with E-state index in [0.29, 0.717) is 0 Å². The first-order valence-corrected chi connectivity index (χ1v) is 9.17. The summed E-state index contributed by atoms with van der Waals surface area (Å²) in [6, 6.07) is 26.7. The van der Waals surface area contributed by atoms with Crippen molar-refractivity contribution in [3.63, 3.8) is 0 Å². The zero-order valence-electron chi connectivity index (χ0n) is 15.0. The third-order valence-corrected chi connectivity index (χ3v) is 5.30. The minimum absolute atomic E-state index is 1.14. The molecule has 0 saturated heterocycles. The Hall–Kier alpha value is -2.60. The van der Waals surface area contributed by atoms with Gasteiger partial charge in [0.2, 0.25) is 0 Å². The largest absolute Gasteiger partial charge is 0.0616 e. The van der Waals surface area contributed by atoms with E-state index < -0.39 is 0 Å². The summed E-state index contributed by atoms with van der Waals surface area (Å²) in [5.41, 5.74) is 5.79. The second kappa shape index (κ2) is 6.72. The van der Waals surface area contributed by atoms with Crippen LogP contribution >= 0.6 is 0 Å². The smallest absolute Gasteiger partial charge is 0.0181 e. The quantitative estimate of drug-likeness (QED) is 0.388. The molecule has 124 valence electrons. The van der Waals surface area contributed by atoms with Gasteiger partial charge < -0.3 is 0 Å². The zero-order chi connectivity index (χ0) is 17.2. The summed E-state index contributed by atoms with van der Waals surface area (Å²) in [4.78, 5) is 0. The molecule has 0 atom stereocenters. The summed E-state index contributed by atoms with van der Waals surface area (Å²) in [5.74, 6) is 0. The molecule has 0 aliphatic heterocycles. The lowest BCUT2D eigenvalue weighted by Crippen LogP contribution is -1.95.